The molecule has 2 aromatic rings. The van der Waals surface area contributed by atoms with Crippen molar-refractivity contribution in [3.05, 3.63) is 36.4 Å². The fourth-order valence-corrected chi connectivity index (χ4v) is 2.57. The third-order valence-corrected chi connectivity index (χ3v) is 3.74. The molecule has 2 heterocycles. The van der Waals surface area contributed by atoms with Crippen molar-refractivity contribution in [1.82, 2.24) is 24.9 Å². The summed E-state index contributed by atoms with van der Waals surface area (Å²) in [7, 11) is 1.81. The molecule has 0 aliphatic heterocycles. The van der Waals surface area contributed by atoms with Crippen molar-refractivity contribution in [1.29, 1.82) is 0 Å². The zero-order valence-corrected chi connectivity index (χ0v) is 11.2. The second-order valence-electron chi connectivity index (χ2n) is 5.08. The Morgan fingerprint density at radius 3 is 2.95 bits per heavy atom. The minimum atomic E-state index is -0.461. The summed E-state index contributed by atoms with van der Waals surface area (Å²) in [5, 5.41) is 20.9. The highest BCUT2D eigenvalue weighted by Crippen LogP contribution is 2.32. The number of rotatable bonds is 4. The fourth-order valence-electron chi connectivity index (χ4n) is 2.57. The van der Waals surface area contributed by atoms with Gasteiger partial charge >= 0.3 is 0 Å². The minimum Gasteiger partial charge on any atom is -0.391 e. The number of hydrogen-bond donors (Lipinski definition) is 2. The van der Waals surface area contributed by atoms with Gasteiger partial charge in [-0.05, 0) is 18.6 Å². The number of aromatic nitrogens is 4. The average molecular weight is 275 g/mol. The molecule has 0 saturated heterocycles. The summed E-state index contributed by atoms with van der Waals surface area (Å²) in [6.45, 7) is 0. The molecule has 1 saturated carbocycles. The molecule has 2 N–H and O–H groups in total. The Labute approximate surface area is 116 Å². The van der Waals surface area contributed by atoms with E-state index < -0.39 is 6.10 Å². The van der Waals surface area contributed by atoms with Crippen LogP contribution in [0.2, 0.25) is 0 Å². The van der Waals surface area contributed by atoms with Crippen LogP contribution in [0.4, 0.5) is 0 Å². The third-order valence-electron chi connectivity index (χ3n) is 3.74. The van der Waals surface area contributed by atoms with Crippen LogP contribution in [0.15, 0.2) is 30.7 Å². The van der Waals surface area contributed by atoms with E-state index in [0.717, 1.165) is 5.69 Å². The molecular weight excluding hydrogens is 258 g/mol. The zero-order chi connectivity index (χ0) is 14.1. The van der Waals surface area contributed by atoms with Crippen LogP contribution in [0.5, 0.6) is 0 Å². The molecule has 7 heteroatoms. The first-order chi connectivity index (χ1) is 9.65. The monoisotopic (exact) mass is 275 g/mol. The van der Waals surface area contributed by atoms with Gasteiger partial charge in [-0.1, -0.05) is 0 Å². The molecule has 0 radical (unpaired) electrons. The number of aryl methyl sites for hydroxylation is 1. The second kappa shape index (κ2) is 5.09. The fraction of sp³-hybridized carbons (Fsp3) is 0.462. The third kappa shape index (κ3) is 2.32. The number of hydrogen-bond acceptors (Lipinski definition) is 4. The highest BCUT2D eigenvalue weighted by molar-refractivity contribution is 5.78. The molecule has 1 aliphatic carbocycles. The Kier molecular flexibility index (Phi) is 3.27. The lowest BCUT2D eigenvalue weighted by Crippen LogP contribution is -2.56. The van der Waals surface area contributed by atoms with Gasteiger partial charge in [-0.3, -0.25) is 14.2 Å². The van der Waals surface area contributed by atoms with Crippen molar-refractivity contribution in [2.24, 2.45) is 7.05 Å². The maximum atomic E-state index is 12.0. The van der Waals surface area contributed by atoms with E-state index in [2.05, 4.69) is 15.5 Å². The Morgan fingerprint density at radius 2 is 2.35 bits per heavy atom. The highest BCUT2D eigenvalue weighted by atomic mass is 16.3. The summed E-state index contributed by atoms with van der Waals surface area (Å²) in [4.78, 5) is 12.0. The molecule has 106 valence electrons. The second-order valence-corrected chi connectivity index (χ2v) is 5.08. The van der Waals surface area contributed by atoms with Gasteiger partial charge in [0.2, 0.25) is 5.91 Å². The van der Waals surface area contributed by atoms with Crippen LogP contribution >= 0.6 is 0 Å². The maximum Gasteiger partial charge on any atom is 0.226 e. The predicted molar refractivity (Wildman–Crippen MR) is 70.7 cm³/mol. The van der Waals surface area contributed by atoms with E-state index in [1.807, 2.05) is 13.1 Å². The molecule has 3 rings (SSSR count). The smallest absolute Gasteiger partial charge is 0.226 e. The number of aliphatic hydroxyl groups excluding tert-OH is 1. The van der Waals surface area contributed by atoms with Crippen LogP contribution in [0, 0.1) is 0 Å². The van der Waals surface area contributed by atoms with Crippen LogP contribution in [0.25, 0.3) is 0 Å². The van der Waals surface area contributed by atoms with Gasteiger partial charge < -0.3 is 10.4 Å². The Morgan fingerprint density at radius 1 is 1.50 bits per heavy atom. The van der Waals surface area contributed by atoms with Crippen LogP contribution in [0.3, 0.4) is 0 Å². The number of amides is 1. The van der Waals surface area contributed by atoms with E-state index in [4.69, 9.17) is 0 Å². The van der Waals surface area contributed by atoms with Crippen LogP contribution in [0.1, 0.15) is 18.2 Å². The van der Waals surface area contributed by atoms with Gasteiger partial charge in [0.05, 0.1) is 24.6 Å². The summed E-state index contributed by atoms with van der Waals surface area (Å²) in [5.41, 5.74) is 0.859. The summed E-state index contributed by atoms with van der Waals surface area (Å²) >= 11 is 0. The van der Waals surface area contributed by atoms with Gasteiger partial charge in [-0.25, -0.2) is 0 Å². The first kappa shape index (κ1) is 12.9. The lowest BCUT2D eigenvalue weighted by molar-refractivity contribution is -0.124. The SMILES string of the molecule is Cn1nccc1CC(=O)N[C@H]1C[C@@H](O)[C@@H]1n1cccn1. The summed E-state index contributed by atoms with van der Waals surface area (Å²) < 4.78 is 3.38. The quantitative estimate of drug-likeness (QED) is 0.798. The van der Waals surface area contributed by atoms with Crippen molar-refractivity contribution in [2.45, 2.75) is 31.0 Å². The van der Waals surface area contributed by atoms with Crippen molar-refractivity contribution in [3.63, 3.8) is 0 Å². The molecule has 1 fully saturated rings. The Balaban J connectivity index is 1.61. The average Bonchev–Trinajstić information content (AvgIpc) is 3.02. The van der Waals surface area contributed by atoms with Crippen LogP contribution < -0.4 is 5.32 Å². The molecule has 20 heavy (non-hydrogen) atoms. The maximum absolute atomic E-state index is 12.0. The summed E-state index contributed by atoms with van der Waals surface area (Å²) in [5.74, 6) is -0.0670. The number of carbonyl (C=O) groups excluding carboxylic acids is 1. The molecule has 1 amide bonds. The standard InChI is InChI=1S/C13H17N5O2/c1-17-9(3-5-14-17)7-12(20)16-10-8-11(19)13(10)18-6-2-4-15-18/h2-6,10-11,13,19H,7-8H2,1H3,(H,16,20)/t10-,11+,13+/m0/s1. The molecule has 7 nitrogen and oxygen atoms in total. The highest BCUT2D eigenvalue weighted by Gasteiger charge is 2.42. The number of nitrogens with zero attached hydrogens (tertiary/aromatic N) is 4. The molecule has 3 atom stereocenters. The zero-order valence-electron chi connectivity index (χ0n) is 11.2. The molecule has 0 bridgehead atoms. The van der Waals surface area contributed by atoms with Gasteiger partial charge in [0.25, 0.3) is 0 Å². The van der Waals surface area contributed by atoms with Crippen LogP contribution in [-0.4, -0.2) is 42.7 Å². The van der Waals surface area contributed by atoms with E-state index in [-0.39, 0.29) is 24.4 Å². The van der Waals surface area contributed by atoms with E-state index >= 15 is 0 Å². The van der Waals surface area contributed by atoms with Gasteiger partial charge in [0.1, 0.15) is 0 Å². The van der Waals surface area contributed by atoms with Gasteiger partial charge in [0.15, 0.2) is 0 Å². The molecular formula is C13H17N5O2. The van der Waals surface area contributed by atoms with Crippen molar-refractivity contribution in [3.8, 4) is 0 Å². The van der Waals surface area contributed by atoms with Gasteiger partial charge in [-0.2, -0.15) is 10.2 Å². The largest absolute Gasteiger partial charge is 0.391 e. The molecule has 0 aromatic carbocycles. The van der Waals surface area contributed by atoms with E-state index in [9.17, 15) is 9.90 Å². The van der Waals surface area contributed by atoms with E-state index in [0.29, 0.717) is 6.42 Å². The lowest BCUT2D eigenvalue weighted by Gasteiger charge is -2.41. The molecule has 0 spiro atoms. The molecule has 1 aliphatic rings. The van der Waals surface area contributed by atoms with Crippen LogP contribution in [-0.2, 0) is 18.3 Å². The predicted octanol–water partition coefficient (Wildman–Crippen LogP) is -0.350. The van der Waals surface area contributed by atoms with E-state index in [1.165, 1.54) is 0 Å². The Hall–Kier alpha value is -2.15. The van der Waals surface area contributed by atoms with E-state index in [1.54, 1.807) is 34.0 Å². The van der Waals surface area contributed by atoms with Crippen molar-refractivity contribution < 1.29 is 9.90 Å². The van der Waals surface area contributed by atoms with Gasteiger partial charge in [0, 0.05) is 31.3 Å². The minimum absolute atomic E-state index is 0.0670. The first-order valence-corrected chi connectivity index (χ1v) is 6.58. The number of carbonyl (C=O) groups is 1. The molecule has 0 unspecified atom stereocenters. The van der Waals surface area contributed by atoms with Gasteiger partial charge in [-0.15, -0.1) is 0 Å². The Bertz CT molecular complexity index is 592. The lowest BCUT2D eigenvalue weighted by atomic mass is 9.83. The normalized spacial score (nSPS) is 25.2. The number of nitrogens with one attached hydrogen (secondary N) is 1. The van der Waals surface area contributed by atoms with Crippen molar-refractivity contribution in [2.75, 3.05) is 0 Å². The summed E-state index contributed by atoms with van der Waals surface area (Å²) in [6, 6.07) is 3.37. The van der Waals surface area contributed by atoms with Crippen molar-refractivity contribution >= 4 is 5.91 Å². The topological polar surface area (TPSA) is 85.0 Å². The first-order valence-electron chi connectivity index (χ1n) is 6.58. The summed E-state index contributed by atoms with van der Waals surface area (Å²) in [6.07, 6.45) is 5.52. The number of aliphatic hydroxyl groups is 1. The molecule has 2 aromatic heterocycles.